The maximum absolute atomic E-state index is 12.1. The molecule has 5 heteroatoms. The van der Waals surface area contributed by atoms with Crippen LogP contribution in [0.2, 0.25) is 0 Å². The summed E-state index contributed by atoms with van der Waals surface area (Å²) < 4.78 is 28.3. The molecule has 0 radical (unpaired) electrons. The second-order valence-corrected chi connectivity index (χ2v) is 9.69. The van der Waals surface area contributed by atoms with Crippen LogP contribution in [0.4, 0.5) is 0 Å². The number of sulfone groups is 1. The number of hydrogen-bond donors (Lipinski definition) is 0. The molecule has 0 bridgehead atoms. The van der Waals surface area contributed by atoms with Crippen LogP contribution in [0.5, 0.6) is 5.75 Å². The van der Waals surface area contributed by atoms with Crippen LogP contribution in [0, 0.1) is 5.92 Å². The average molecular weight is 372 g/mol. The maximum atomic E-state index is 12.1. The van der Waals surface area contributed by atoms with E-state index in [-0.39, 0.29) is 35.2 Å². The molecule has 1 heterocycles. The van der Waals surface area contributed by atoms with E-state index in [1.165, 1.54) is 5.56 Å². The van der Waals surface area contributed by atoms with E-state index in [2.05, 4.69) is 26.0 Å². The van der Waals surface area contributed by atoms with Gasteiger partial charge in [-0.25, -0.2) is 8.42 Å². The van der Waals surface area contributed by atoms with E-state index in [0.717, 1.165) is 5.56 Å². The van der Waals surface area contributed by atoms with Crippen LogP contribution < -0.4 is 4.74 Å². The molecule has 0 spiro atoms. The zero-order valence-corrected chi connectivity index (χ0v) is 16.0. The van der Waals surface area contributed by atoms with Crippen molar-refractivity contribution in [2.45, 2.75) is 32.1 Å². The van der Waals surface area contributed by atoms with E-state index in [1.54, 1.807) is 12.1 Å². The number of rotatable bonds is 5. The van der Waals surface area contributed by atoms with Crippen molar-refractivity contribution in [3.63, 3.8) is 0 Å². The molecule has 0 N–H and O–H groups in total. The van der Waals surface area contributed by atoms with Gasteiger partial charge in [-0.3, -0.25) is 4.79 Å². The van der Waals surface area contributed by atoms with Gasteiger partial charge in [0.2, 0.25) is 0 Å². The van der Waals surface area contributed by atoms with Crippen molar-refractivity contribution in [3.05, 3.63) is 65.7 Å². The van der Waals surface area contributed by atoms with Crippen LogP contribution in [0.15, 0.2) is 54.6 Å². The van der Waals surface area contributed by atoms with Crippen LogP contribution in [0.1, 0.15) is 37.8 Å². The van der Waals surface area contributed by atoms with Gasteiger partial charge >= 0.3 is 5.97 Å². The summed E-state index contributed by atoms with van der Waals surface area (Å²) in [7, 11) is -2.97. The summed E-state index contributed by atoms with van der Waals surface area (Å²) in [4.78, 5) is 12.1. The Bertz CT molecular complexity index is 868. The van der Waals surface area contributed by atoms with Crippen molar-refractivity contribution in [1.82, 2.24) is 0 Å². The Balaban J connectivity index is 1.64. The Hall–Kier alpha value is -2.14. The van der Waals surface area contributed by atoms with Crippen molar-refractivity contribution >= 4 is 15.8 Å². The first-order valence-corrected chi connectivity index (χ1v) is 10.7. The number of esters is 1. The molecule has 3 rings (SSSR count). The molecule has 1 saturated heterocycles. The molecular formula is C21H24O4S. The third-order valence-electron chi connectivity index (χ3n) is 5.09. The highest BCUT2D eigenvalue weighted by molar-refractivity contribution is 7.91. The summed E-state index contributed by atoms with van der Waals surface area (Å²) in [5, 5.41) is 0. The molecule has 26 heavy (non-hydrogen) atoms. The molecular weight excluding hydrogens is 348 g/mol. The van der Waals surface area contributed by atoms with E-state index in [9.17, 15) is 13.2 Å². The van der Waals surface area contributed by atoms with Crippen LogP contribution in [-0.2, 0) is 20.0 Å². The maximum Gasteiger partial charge on any atom is 0.311 e. The minimum atomic E-state index is -2.97. The van der Waals surface area contributed by atoms with Crippen LogP contribution in [0.3, 0.4) is 0 Å². The first kappa shape index (κ1) is 18.6. The molecule has 0 amide bonds. The van der Waals surface area contributed by atoms with E-state index in [1.807, 2.05) is 30.3 Å². The Labute approximate surface area is 155 Å². The lowest BCUT2D eigenvalue weighted by Gasteiger charge is -2.26. The first-order valence-electron chi connectivity index (χ1n) is 8.83. The van der Waals surface area contributed by atoms with Gasteiger partial charge < -0.3 is 4.74 Å². The highest BCUT2D eigenvalue weighted by atomic mass is 32.2. The van der Waals surface area contributed by atoms with Crippen LogP contribution in [0.25, 0.3) is 0 Å². The SMILES string of the molecule is CC(C)(c1ccccc1)c1ccc(OC(=O)C[C@H]2CCS(=O)(=O)C2)cc1. The minimum Gasteiger partial charge on any atom is -0.427 e. The van der Waals surface area contributed by atoms with Gasteiger partial charge in [0.1, 0.15) is 5.75 Å². The molecule has 2 aromatic rings. The van der Waals surface area contributed by atoms with Gasteiger partial charge in [0.25, 0.3) is 0 Å². The normalized spacial score (nSPS) is 19.2. The zero-order chi connectivity index (χ0) is 18.8. The summed E-state index contributed by atoms with van der Waals surface area (Å²) >= 11 is 0. The minimum absolute atomic E-state index is 0.0896. The van der Waals surface area contributed by atoms with Crippen molar-refractivity contribution in [2.24, 2.45) is 5.92 Å². The van der Waals surface area contributed by atoms with E-state index >= 15 is 0 Å². The molecule has 1 aliphatic rings. The number of carbonyl (C=O) groups is 1. The summed E-state index contributed by atoms with van der Waals surface area (Å²) in [6, 6.07) is 17.8. The summed E-state index contributed by atoms with van der Waals surface area (Å²) in [6.45, 7) is 4.31. The number of benzene rings is 2. The smallest absolute Gasteiger partial charge is 0.311 e. The fraction of sp³-hybridized carbons (Fsp3) is 0.381. The highest BCUT2D eigenvalue weighted by Crippen LogP contribution is 2.32. The third-order valence-corrected chi connectivity index (χ3v) is 6.92. The lowest BCUT2D eigenvalue weighted by molar-refractivity contribution is -0.135. The molecule has 4 nitrogen and oxygen atoms in total. The summed E-state index contributed by atoms with van der Waals surface area (Å²) in [5.74, 6) is 0.259. The van der Waals surface area contributed by atoms with E-state index in [4.69, 9.17) is 4.74 Å². The largest absolute Gasteiger partial charge is 0.427 e. The van der Waals surface area contributed by atoms with Crippen LogP contribution >= 0.6 is 0 Å². The molecule has 1 fully saturated rings. The predicted molar refractivity (Wildman–Crippen MR) is 102 cm³/mol. The fourth-order valence-corrected chi connectivity index (χ4v) is 5.26. The van der Waals surface area contributed by atoms with Gasteiger partial charge in [-0.05, 0) is 35.6 Å². The average Bonchev–Trinajstić information content (AvgIpc) is 2.94. The molecule has 1 atom stereocenters. The van der Waals surface area contributed by atoms with Crippen molar-refractivity contribution in [1.29, 1.82) is 0 Å². The monoisotopic (exact) mass is 372 g/mol. The second-order valence-electron chi connectivity index (χ2n) is 7.46. The first-order chi connectivity index (χ1) is 12.3. The van der Waals surface area contributed by atoms with Gasteiger partial charge in [-0.1, -0.05) is 56.3 Å². The van der Waals surface area contributed by atoms with Gasteiger partial charge in [-0.15, -0.1) is 0 Å². The van der Waals surface area contributed by atoms with Crippen LogP contribution in [-0.4, -0.2) is 25.9 Å². The Kier molecular flexibility index (Phi) is 5.19. The van der Waals surface area contributed by atoms with Crippen molar-refractivity contribution in [2.75, 3.05) is 11.5 Å². The second kappa shape index (κ2) is 7.23. The van der Waals surface area contributed by atoms with E-state index < -0.39 is 9.84 Å². The standard InChI is InChI=1S/C21H24O4S/c1-21(2,17-6-4-3-5-7-17)18-8-10-19(11-9-18)25-20(22)14-16-12-13-26(23,24)15-16/h3-11,16H,12-15H2,1-2H3/t16-/m1/s1. The number of carbonyl (C=O) groups excluding carboxylic acids is 1. The number of ether oxygens (including phenoxy) is 1. The molecule has 1 aliphatic heterocycles. The van der Waals surface area contributed by atoms with Gasteiger partial charge in [-0.2, -0.15) is 0 Å². The van der Waals surface area contributed by atoms with Gasteiger partial charge in [0.05, 0.1) is 11.5 Å². The quantitative estimate of drug-likeness (QED) is 0.592. The number of hydrogen-bond acceptors (Lipinski definition) is 4. The fourth-order valence-electron chi connectivity index (χ4n) is 3.40. The molecule has 0 saturated carbocycles. The molecule has 0 unspecified atom stereocenters. The van der Waals surface area contributed by atoms with Crippen molar-refractivity contribution in [3.8, 4) is 5.75 Å². The molecule has 0 aliphatic carbocycles. The van der Waals surface area contributed by atoms with Gasteiger partial charge in [0.15, 0.2) is 9.84 Å². The zero-order valence-electron chi connectivity index (χ0n) is 15.1. The van der Waals surface area contributed by atoms with Crippen molar-refractivity contribution < 1.29 is 17.9 Å². The lowest BCUT2D eigenvalue weighted by Crippen LogP contribution is -2.19. The Morgan fingerprint density at radius 2 is 1.65 bits per heavy atom. The lowest BCUT2D eigenvalue weighted by atomic mass is 9.78. The Morgan fingerprint density at radius 3 is 2.23 bits per heavy atom. The highest BCUT2D eigenvalue weighted by Gasteiger charge is 2.30. The summed E-state index contributed by atoms with van der Waals surface area (Å²) in [5.41, 5.74) is 2.19. The van der Waals surface area contributed by atoms with Gasteiger partial charge in [0, 0.05) is 11.8 Å². The molecule has 2 aromatic carbocycles. The molecule has 0 aromatic heterocycles. The molecule has 138 valence electrons. The third kappa shape index (κ3) is 4.33. The predicted octanol–water partition coefficient (Wildman–Crippen LogP) is 3.74. The topological polar surface area (TPSA) is 60.4 Å². The Morgan fingerprint density at radius 1 is 1.04 bits per heavy atom. The summed E-state index contributed by atoms with van der Waals surface area (Å²) in [6.07, 6.45) is 0.693. The van der Waals surface area contributed by atoms with E-state index in [0.29, 0.717) is 12.2 Å².